The zero-order valence-electron chi connectivity index (χ0n) is 19.8. The van der Waals surface area contributed by atoms with Gasteiger partial charge in [0.15, 0.2) is 0 Å². The number of likely N-dealkylation sites (N-methyl/N-ethyl adjacent to an activating group) is 3. The summed E-state index contributed by atoms with van der Waals surface area (Å²) < 4.78 is 32.7. The lowest BCUT2D eigenvalue weighted by Gasteiger charge is -2.30. The van der Waals surface area contributed by atoms with E-state index in [-0.39, 0.29) is 31.7 Å². The first-order valence-corrected chi connectivity index (χ1v) is 14.1. The van der Waals surface area contributed by atoms with Crippen LogP contribution >= 0.6 is 22.6 Å². The van der Waals surface area contributed by atoms with Crippen molar-refractivity contribution in [2.75, 3.05) is 65.0 Å². The first-order valence-electron chi connectivity index (χ1n) is 11.1. The second kappa shape index (κ2) is 14.8. The largest absolute Gasteiger partial charge is 0.370 e. The molecule has 0 unspecified atom stereocenters. The average molecular weight is 573 g/mol. The van der Waals surface area contributed by atoms with Gasteiger partial charge in [-0.2, -0.15) is 4.31 Å². The number of amides is 1. The highest BCUT2D eigenvalue weighted by molar-refractivity contribution is 14.1. The molecule has 0 aromatic heterocycles. The summed E-state index contributed by atoms with van der Waals surface area (Å²) in [5, 5.41) is 3.22. The normalized spacial score (nSPS) is 20.1. The average Bonchev–Trinajstić information content (AvgIpc) is 3.23. The standard InChI is InChI=1S/C21H41IN4O4S/c1-6-20(7-2)31(28,29)24(4)14-15-30-17-21(27)25(5)18-8-9-19(16-18)26(12-10-22)13-11-23-3/h6,18-19,23H,7-17H2,1-5H3/b20-6-/t18-,19+/m1/s1. The Hall–Kier alpha value is -0.270. The lowest BCUT2D eigenvalue weighted by atomic mass is 10.2. The van der Waals surface area contributed by atoms with Crippen LogP contribution in [0, 0.1) is 0 Å². The highest BCUT2D eigenvalue weighted by Crippen LogP contribution is 2.27. The van der Waals surface area contributed by atoms with Crippen molar-refractivity contribution in [1.82, 2.24) is 19.4 Å². The van der Waals surface area contributed by atoms with E-state index in [1.54, 1.807) is 20.0 Å². The minimum Gasteiger partial charge on any atom is -0.370 e. The second-order valence-electron chi connectivity index (χ2n) is 7.94. The van der Waals surface area contributed by atoms with Gasteiger partial charge in [0.25, 0.3) is 0 Å². The Morgan fingerprint density at radius 2 is 1.87 bits per heavy atom. The Kier molecular flexibility index (Phi) is 13.7. The van der Waals surface area contributed by atoms with Crippen LogP contribution in [-0.2, 0) is 19.6 Å². The Morgan fingerprint density at radius 3 is 2.45 bits per heavy atom. The molecule has 1 N–H and O–H groups in total. The SMILES string of the molecule is C/C=C(/CC)S(=O)(=O)N(C)CCOCC(=O)N(C)[C@@H]1CC[C@H](N(CCI)CCNC)C1. The number of halogens is 1. The molecular formula is C21H41IN4O4S. The lowest BCUT2D eigenvalue weighted by molar-refractivity contribution is -0.136. The molecule has 31 heavy (non-hydrogen) atoms. The number of nitrogens with zero attached hydrogens (tertiary/aromatic N) is 3. The highest BCUT2D eigenvalue weighted by Gasteiger charge is 2.32. The number of alkyl halides is 1. The molecule has 1 aliphatic rings. The number of allylic oxidation sites excluding steroid dienone is 2. The molecule has 1 aliphatic carbocycles. The quantitative estimate of drug-likeness (QED) is 0.184. The summed E-state index contributed by atoms with van der Waals surface area (Å²) >= 11 is 2.42. The molecule has 0 bridgehead atoms. The van der Waals surface area contributed by atoms with Gasteiger partial charge in [0.2, 0.25) is 15.9 Å². The summed E-state index contributed by atoms with van der Waals surface area (Å²) in [5.74, 6) is -0.0467. The molecule has 0 aliphatic heterocycles. The number of carbonyl (C=O) groups is 1. The molecule has 182 valence electrons. The molecule has 1 amide bonds. The van der Waals surface area contributed by atoms with E-state index in [9.17, 15) is 13.2 Å². The van der Waals surface area contributed by atoms with Crippen molar-refractivity contribution < 1.29 is 17.9 Å². The van der Waals surface area contributed by atoms with Gasteiger partial charge < -0.3 is 15.0 Å². The molecule has 10 heteroatoms. The molecule has 1 rings (SSSR count). The van der Waals surface area contributed by atoms with Crippen molar-refractivity contribution in [2.45, 2.75) is 51.6 Å². The third-order valence-electron chi connectivity index (χ3n) is 6.04. The van der Waals surface area contributed by atoms with Crippen LogP contribution in [0.25, 0.3) is 0 Å². The first kappa shape index (κ1) is 28.8. The van der Waals surface area contributed by atoms with Crippen LogP contribution < -0.4 is 5.32 Å². The number of hydrogen-bond acceptors (Lipinski definition) is 6. The Morgan fingerprint density at radius 1 is 1.19 bits per heavy atom. The van der Waals surface area contributed by atoms with Crippen LogP contribution in [0.3, 0.4) is 0 Å². The van der Waals surface area contributed by atoms with E-state index in [1.807, 2.05) is 25.9 Å². The fraction of sp³-hybridized carbons (Fsp3) is 0.857. The molecule has 0 aromatic rings. The van der Waals surface area contributed by atoms with Gasteiger partial charge in [-0.25, -0.2) is 8.42 Å². The molecule has 1 saturated carbocycles. The van der Waals surface area contributed by atoms with E-state index in [4.69, 9.17) is 4.74 Å². The fourth-order valence-electron chi connectivity index (χ4n) is 3.97. The van der Waals surface area contributed by atoms with Gasteiger partial charge in [0.1, 0.15) is 6.61 Å². The summed E-state index contributed by atoms with van der Waals surface area (Å²) in [6.07, 6.45) is 5.19. The fourth-order valence-corrected chi connectivity index (χ4v) is 5.97. The van der Waals surface area contributed by atoms with Crippen LogP contribution in [0.5, 0.6) is 0 Å². The topological polar surface area (TPSA) is 82.2 Å². The minimum absolute atomic E-state index is 0.0208. The summed E-state index contributed by atoms with van der Waals surface area (Å²) in [4.78, 5) is 17.3. The maximum Gasteiger partial charge on any atom is 0.248 e. The van der Waals surface area contributed by atoms with E-state index in [2.05, 4.69) is 32.8 Å². The smallest absolute Gasteiger partial charge is 0.248 e. The summed E-state index contributed by atoms with van der Waals surface area (Å²) in [7, 11) is 1.92. The van der Waals surface area contributed by atoms with Crippen LogP contribution in [0.4, 0.5) is 0 Å². The maximum atomic E-state index is 12.6. The number of sulfonamides is 1. The summed E-state index contributed by atoms with van der Waals surface area (Å²) in [6, 6.07) is 0.750. The number of rotatable bonds is 15. The molecule has 1 fully saturated rings. The van der Waals surface area contributed by atoms with E-state index in [1.165, 1.54) is 4.31 Å². The zero-order valence-corrected chi connectivity index (χ0v) is 22.7. The monoisotopic (exact) mass is 572 g/mol. The van der Waals surface area contributed by atoms with Crippen molar-refractivity contribution in [2.24, 2.45) is 0 Å². The van der Waals surface area contributed by atoms with Gasteiger partial charge in [0.05, 0.1) is 11.5 Å². The third-order valence-corrected chi connectivity index (χ3v) is 8.72. The number of hydrogen-bond donors (Lipinski definition) is 1. The summed E-state index contributed by atoms with van der Waals surface area (Å²) in [5.41, 5.74) is 0. The lowest BCUT2D eigenvalue weighted by Crippen LogP contribution is -2.42. The Balaban J connectivity index is 2.44. The van der Waals surface area contributed by atoms with E-state index < -0.39 is 10.0 Å². The molecule has 0 radical (unpaired) electrons. The third kappa shape index (κ3) is 8.88. The van der Waals surface area contributed by atoms with Crippen molar-refractivity contribution >= 4 is 38.5 Å². The van der Waals surface area contributed by atoms with Crippen LogP contribution in [0.15, 0.2) is 11.0 Å². The van der Waals surface area contributed by atoms with Gasteiger partial charge in [-0.15, -0.1) is 0 Å². The van der Waals surface area contributed by atoms with Crippen molar-refractivity contribution in [1.29, 1.82) is 0 Å². The molecule has 8 nitrogen and oxygen atoms in total. The molecule has 2 atom stereocenters. The predicted molar refractivity (Wildman–Crippen MR) is 135 cm³/mol. The predicted octanol–water partition coefficient (Wildman–Crippen LogP) is 1.91. The van der Waals surface area contributed by atoms with Crippen LogP contribution in [0.2, 0.25) is 0 Å². The molecule has 0 heterocycles. The second-order valence-corrected chi connectivity index (χ2v) is 11.1. The van der Waals surface area contributed by atoms with Gasteiger partial charge in [-0.1, -0.05) is 35.6 Å². The van der Waals surface area contributed by atoms with E-state index >= 15 is 0 Å². The maximum absolute atomic E-state index is 12.6. The Labute approximate surface area is 202 Å². The molecule has 0 aromatic carbocycles. The number of ether oxygens (including phenoxy) is 1. The van der Waals surface area contributed by atoms with Gasteiger partial charge in [-0.05, 0) is 39.7 Å². The van der Waals surface area contributed by atoms with Crippen molar-refractivity contribution in [3.05, 3.63) is 11.0 Å². The summed E-state index contributed by atoms with van der Waals surface area (Å²) in [6.45, 7) is 7.01. The van der Waals surface area contributed by atoms with E-state index in [0.717, 1.165) is 43.3 Å². The minimum atomic E-state index is -3.45. The van der Waals surface area contributed by atoms with Crippen LogP contribution in [-0.4, -0.2) is 105 Å². The number of carbonyl (C=O) groups excluding carboxylic acids is 1. The highest BCUT2D eigenvalue weighted by atomic mass is 127. The molecule has 0 saturated heterocycles. The van der Waals surface area contributed by atoms with Gasteiger partial charge in [-0.3, -0.25) is 9.69 Å². The van der Waals surface area contributed by atoms with Gasteiger partial charge >= 0.3 is 0 Å². The van der Waals surface area contributed by atoms with Crippen LogP contribution in [0.1, 0.15) is 39.5 Å². The molecule has 0 spiro atoms. The first-order chi connectivity index (χ1) is 14.7. The molecular weight excluding hydrogens is 531 g/mol. The van der Waals surface area contributed by atoms with Gasteiger partial charge in [0, 0.05) is 56.8 Å². The van der Waals surface area contributed by atoms with Crippen molar-refractivity contribution in [3.8, 4) is 0 Å². The van der Waals surface area contributed by atoms with Crippen molar-refractivity contribution in [3.63, 3.8) is 0 Å². The van der Waals surface area contributed by atoms with E-state index in [0.29, 0.717) is 17.4 Å². The number of nitrogens with one attached hydrogen (secondary N) is 1. The Bertz CT molecular complexity index is 674. The zero-order chi connectivity index (χ0) is 23.4.